The number of halogens is 1. The average Bonchev–Trinajstić information content (AvgIpc) is 2.97. The van der Waals surface area contributed by atoms with Gasteiger partial charge in [0, 0.05) is 11.8 Å². The minimum Gasteiger partial charge on any atom is -0.480 e. The molecule has 1 amide bonds. The first-order valence-corrected chi connectivity index (χ1v) is 8.68. The molecule has 6 nitrogen and oxygen atoms in total. The Hall–Kier alpha value is -2.34. The van der Waals surface area contributed by atoms with Crippen LogP contribution in [0.3, 0.4) is 0 Å². The largest absolute Gasteiger partial charge is 0.480 e. The van der Waals surface area contributed by atoms with Crippen molar-refractivity contribution < 1.29 is 14.7 Å². The smallest absolute Gasteiger partial charge is 0.329 e. The minimum atomic E-state index is -1.20. The molecule has 0 spiro atoms. The van der Waals surface area contributed by atoms with Crippen molar-refractivity contribution in [3.8, 4) is 5.69 Å². The third kappa shape index (κ3) is 3.39. The normalized spacial score (nSPS) is 16.4. The fourth-order valence-corrected chi connectivity index (χ4v) is 3.49. The summed E-state index contributed by atoms with van der Waals surface area (Å²) in [4.78, 5) is 24.4. The molecule has 7 heteroatoms. The second kappa shape index (κ2) is 6.88. The van der Waals surface area contributed by atoms with Crippen LogP contribution < -0.4 is 5.32 Å². The molecular formula is C18H20ClN3O3. The molecule has 2 N–H and O–H groups in total. The molecule has 0 saturated heterocycles. The topological polar surface area (TPSA) is 84.2 Å². The molecule has 0 atom stereocenters. The van der Waals surface area contributed by atoms with Crippen molar-refractivity contribution in [3.05, 3.63) is 46.7 Å². The Morgan fingerprint density at radius 2 is 1.92 bits per heavy atom. The molecule has 25 heavy (non-hydrogen) atoms. The third-order valence-electron chi connectivity index (χ3n) is 4.68. The van der Waals surface area contributed by atoms with Gasteiger partial charge in [0.05, 0.1) is 10.7 Å². The highest BCUT2D eigenvalue weighted by molar-refractivity contribution is 6.32. The molecule has 1 aliphatic rings. The summed E-state index contributed by atoms with van der Waals surface area (Å²) in [6, 6.07) is 7.19. The number of carboxylic acid groups (broad SMARTS) is 1. The first kappa shape index (κ1) is 17.5. The van der Waals surface area contributed by atoms with Gasteiger partial charge in [0.2, 0.25) is 0 Å². The number of amides is 1. The minimum absolute atomic E-state index is 0.214. The van der Waals surface area contributed by atoms with Gasteiger partial charge >= 0.3 is 5.97 Å². The number of carboxylic acids is 1. The molecule has 1 saturated carbocycles. The highest BCUT2D eigenvalue weighted by Crippen LogP contribution is 2.29. The van der Waals surface area contributed by atoms with E-state index in [2.05, 4.69) is 10.4 Å². The number of rotatable bonds is 4. The van der Waals surface area contributed by atoms with Crippen LogP contribution in [0.2, 0.25) is 5.02 Å². The lowest BCUT2D eigenvalue weighted by Crippen LogP contribution is -2.55. The molecular weight excluding hydrogens is 342 g/mol. The molecule has 1 aromatic heterocycles. The van der Waals surface area contributed by atoms with Gasteiger partial charge < -0.3 is 10.4 Å². The number of hydrogen-bond donors (Lipinski definition) is 2. The summed E-state index contributed by atoms with van der Waals surface area (Å²) in [5, 5.41) is 17.2. The number of carbonyl (C=O) groups excluding carboxylic acids is 1. The first-order chi connectivity index (χ1) is 11.9. The molecule has 1 fully saturated rings. The lowest BCUT2D eigenvalue weighted by Gasteiger charge is -2.33. The van der Waals surface area contributed by atoms with Crippen molar-refractivity contribution in [1.29, 1.82) is 0 Å². The summed E-state index contributed by atoms with van der Waals surface area (Å²) in [5.74, 6) is -1.45. The Balaban J connectivity index is 1.88. The summed E-state index contributed by atoms with van der Waals surface area (Å²) >= 11 is 6.18. The number of aromatic nitrogens is 2. The zero-order valence-corrected chi connectivity index (χ0v) is 14.7. The number of para-hydroxylation sites is 1. The van der Waals surface area contributed by atoms with Crippen LogP contribution in [0.15, 0.2) is 30.5 Å². The summed E-state index contributed by atoms with van der Waals surface area (Å²) in [6.45, 7) is 1.77. The predicted molar refractivity (Wildman–Crippen MR) is 94.2 cm³/mol. The molecule has 2 aromatic rings. The van der Waals surface area contributed by atoms with Crippen molar-refractivity contribution in [1.82, 2.24) is 15.1 Å². The molecule has 0 radical (unpaired) electrons. The van der Waals surface area contributed by atoms with Crippen LogP contribution in [-0.4, -0.2) is 32.3 Å². The van der Waals surface area contributed by atoms with E-state index in [1.807, 2.05) is 12.1 Å². The molecule has 3 rings (SSSR count). The number of nitrogens with one attached hydrogen (secondary N) is 1. The highest BCUT2D eigenvalue weighted by atomic mass is 35.5. The second-order valence-electron chi connectivity index (χ2n) is 6.46. The second-order valence-corrected chi connectivity index (χ2v) is 6.87. The van der Waals surface area contributed by atoms with Crippen LogP contribution in [0.5, 0.6) is 0 Å². The third-order valence-corrected chi connectivity index (χ3v) is 5.00. The van der Waals surface area contributed by atoms with Gasteiger partial charge in [0.1, 0.15) is 5.54 Å². The Morgan fingerprint density at radius 1 is 1.24 bits per heavy atom. The molecule has 0 aliphatic heterocycles. The van der Waals surface area contributed by atoms with E-state index < -0.39 is 17.4 Å². The monoisotopic (exact) mass is 361 g/mol. The van der Waals surface area contributed by atoms with Crippen LogP contribution >= 0.6 is 11.6 Å². The van der Waals surface area contributed by atoms with E-state index in [9.17, 15) is 14.7 Å². The van der Waals surface area contributed by atoms with Gasteiger partial charge in [0.15, 0.2) is 5.69 Å². The van der Waals surface area contributed by atoms with Gasteiger partial charge in [-0.3, -0.25) is 4.79 Å². The fraction of sp³-hybridized carbons (Fsp3) is 0.389. The van der Waals surface area contributed by atoms with E-state index in [1.165, 1.54) is 0 Å². The quantitative estimate of drug-likeness (QED) is 0.874. The lowest BCUT2D eigenvalue weighted by molar-refractivity contribution is -0.145. The number of benzene rings is 1. The summed E-state index contributed by atoms with van der Waals surface area (Å²) in [6.07, 6.45) is 5.17. The summed E-state index contributed by atoms with van der Waals surface area (Å²) in [7, 11) is 0. The predicted octanol–water partition coefficient (Wildman–Crippen LogP) is 3.35. The van der Waals surface area contributed by atoms with Crippen molar-refractivity contribution in [2.45, 2.75) is 44.6 Å². The Labute approximate surface area is 150 Å². The molecule has 0 bridgehead atoms. The van der Waals surface area contributed by atoms with Crippen LogP contribution in [0.25, 0.3) is 5.69 Å². The van der Waals surface area contributed by atoms with E-state index in [4.69, 9.17) is 11.6 Å². The van der Waals surface area contributed by atoms with Crippen molar-refractivity contribution in [2.24, 2.45) is 0 Å². The van der Waals surface area contributed by atoms with Gasteiger partial charge in [-0.2, -0.15) is 5.10 Å². The van der Waals surface area contributed by atoms with E-state index >= 15 is 0 Å². The maximum absolute atomic E-state index is 12.7. The Bertz CT molecular complexity index is 810. The Kier molecular flexibility index (Phi) is 4.81. The van der Waals surface area contributed by atoms with Crippen LogP contribution in [0.4, 0.5) is 0 Å². The Morgan fingerprint density at radius 3 is 2.56 bits per heavy atom. The molecule has 1 aliphatic carbocycles. The number of aliphatic carboxylic acids is 1. The SMILES string of the molecule is Cc1cn(-c2ccccc2Cl)nc1C(=O)NC1(C(=O)O)CCCCC1. The standard InChI is InChI=1S/C18H20ClN3O3/c1-12-11-22(14-8-4-3-7-13(14)19)21-15(12)16(23)20-18(17(24)25)9-5-2-6-10-18/h3-4,7-8,11H,2,5-6,9-10H2,1H3,(H,20,23)(H,24,25). The van der Waals surface area contributed by atoms with Gasteiger partial charge in [-0.1, -0.05) is 43.0 Å². The maximum atomic E-state index is 12.7. The van der Waals surface area contributed by atoms with E-state index in [0.717, 1.165) is 19.3 Å². The maximum Gasteiger partial charge on any atom is 0.329 e. The average molecular weight is 362 g/mol. The molecule has 0 unspecified atom stereocenters. The fourth-order valence-electron chi connectivity index (χ4n) is 3.27. The molecule has 132 valence electrons. The van der Waals surface area contributed by atoms with Gasteiger partial charge in [-0.25, -0.2) is 9.48 Å². The van der Waals surface area contributed by atoms with Gasteiger partial charge in [-0.15, -0.1) is 0 Å². The summed E-state index contributed by atoms with van der Waals surface area (Å²) in [5.41, 5.74) is 0.340. The zero-order chi connectivity index (χ0) is 18.0. The van der Waals surface area contributed by atoms with Crippen LogP contribution in [-0.2, 0) is 4.79 Å². The zero-order valence-electron chi connectivity index (χ0n) is 14.0. The van der Waals surface area contributed by atoms with E-state index in [0.29, 0.717) is 29.1 Å². The van der Waals surface area contributed by atoms with E-state index in [-0.39, 0.29) is 5.69 Å². The summed E-state index contributed by atoms with van der Waals surface area (Å²) < 4.78 is 1.54. The number of aryl methyl sites for hydroxylation is 1. The van der Waals surface area contributed by atoms with Crippen LogP contribution in [0.1, 0.15) is 48.2 Å². The molecule has 1 heterocycles. The number of hydrogen-bond acceptors (Lipinski definition) is 3. The number of carbonyl (C=O) groups is 2. The lowest BCUT2D eigenvalue weighted by atomic mass is 9.81. The highest BCUT2D eigenvalue weighted by Gasteiger charge is 2.41. The van der Waals surface area contributed by atoms with E-state index in [1.54, 1.807) is 29.9 Å². The van der Waals surface area contributed by atoms with Crippen molar-refractivity contribution >= 4 is 23.5 Å². The first-order valence-electron chi connectivity index (χ1n) is 8.30. The van der Waals surface area contributed by atoms with Gasteiger partial charge in [0.25, 0.3) is 5.91 Å². The van der Waals surface area contributed by atoms with Gasteiger partial charge in [-0.05, 0) is 31.9 Å². The van der Waals surface area contributed by atoms with Crippen LogP contribution in [0, 0.1) is 6.92 Å². The molecule has 1 aromatic carbocycles. The number of nitrogens with zero attached hydrogens (tertiary/aromatic N) is 2. The van der Waals surface area contributed by atoms with Crippen molar-refractivity contribution in [3.63, 3.8) is 0 Å². The van der Waals surface area contributed by atoms with Crippen molar-refractivity contribution in [2.75, 3.05) is 0 Å².